The highest BCUT2D eigenvalue weighted by atomic mass is 16.5. The molecule has 0 saturated heterocycles. The number of hydrogen-bond acceptors (Lipinski definition) is 2. The van der Waals surface area contributed by atoms with E-state index in [2.05, 4.69) is 30.1 Å². The van der Waals surface area contributed by atoms with Crippen LogP contribution < -0.4 is 4.74 Å². The van der Waals surface area contributed by atoms with Gasteiger partial charge in [-0.05, 0) is 43.2 Å². The van der Waals surface area contributed by atoms with Gasteiger partial charge in [0.25, 0.3) is 0 Å². The van der Waals surface area contributed by atoms with Crippen LogP contribution >= 0.6 is 0 Å². The van der Waals surface area contributed by atoms with E-state index >= 15 is 0 Å². The summed E-state index contributed by atoms with van der Waals surface area (Å²) in [6, 6.07) is 12.0. The highest BCUT2D eigenvalue weighted by Gasteiger charge is 2.00. The lowest BCUT2D eigenvalue weighted by atomic mass is 10.1. The van der Waals surface area contributed by atoms with Gasteiger partial charge in [-0.1, -0.05) is 18.2 Å². The molecule has 1 heterocycles. The molecule has 0 radical (unpaired) electrons. The minimum Gasteiger partial charge on any atom is -0.487 e. The average Bonchev–Trinajstić information content (AvgIpc) is 2.32. The van der Waals surface area contributed by atoms with Gasteiger partial charge in [-0.2, -0.15) is 0 Å². The molecule has 1 aromatic heterocycles. The fourth-order valence-electron chi connectivity index (χ4n) is 1.50. The van der Waals surface area contributed by atoms with Crippen molar-refractivity contribution in [2.24, 2.45) is 0 Å². The summed E-state index contributed by atoms with van der Waals surface area (Å²) in [6.45, 7) is 4.63. The number of aryl methyl sites for hydroxylation is 2. The van der Waals surface area contributed by atoms with Crippen molar-refractivity contribution in [3.05, 3.63) is 59.4 Å². The molecule has 16 heavy (non-hydrogen) atoms. The van der Waals surface area contributed by atoms with Crippen molar-refractivity contribution in [2.45, 2.75) is 20.5 Å². The third-order valence-electron chi connectivity index (χ3n) is 2.45. The summed E-state index contributed by atoms with van der Waals surface area (Å²) >= 11 is 0. The Kier molecular flexibility index (Phi) is 3.20. The maximum absolute atomic E-state index is 5.74. The van der Waals surface area contributed by atoms with Gasteiger partial charge in [-0.3, -0.25) is 4.98 Å². The zero-order valence-electron chi connectivity index (χ0n) is 9.60. The molecule has 0 fully saturated rings. The SMILES string of the molecule is Cc1ccc(C)c(OCc2ccccn2)c1. The molecule has 1 aromatic carbocycles. The van der Waals surface area contributed by atoms with E-state index in [1.165, 1.54) is 5.56 Å². The average molecular weight is 213 g/mol. The van der Waals surface area contributed by atoms with E-state index in [1.54, 1.807) is 6.20 Å². The Morgan fingerprint density at radius 3 is 2.75 bits per heavy atom. The van der Waals surface area contributed by atoms with Crippen molar-refractivity contribution in [3.63, 3.8) is 0 Å². The first kappa shape index (κ1) is 10.7. The quantitative estimate of drug-likeness (QED) is 0.780. The molecule has 2 nitrogen and oxygen atoms in total. The van der Waals surface area contributed by atoms with Crippen LogP contribution in [0.3, 0.4) is 0 Å². The maximum Gasteiger partial charge on any atom is 0.130 e. The van der Waals surface area contributed by atoms with E-state index in [1.807, 2.05) is 25.1 Å². The minimum absolute atomic E-state index is 0.519. The molecule has 0 aliphatic heterocycles. The molecule has 0 N–H and O–H groups in total. The van der Waals surface area contributed by atoms with E-state index in [4.69, 9.17) is 4.74 Å². The Labute approximate surface area is 95.9 Å². The standard InChI is InChI=1S/C14H15NO/c1-11-6-7-12(2)14(9-11)16-10-13-5-3-4-8-15-13/h3-9H,10H2,1-2H3. The smallest absolute Gasteiger partial charge is 0.130 e. The third kappa shape index (κ3) is 2.60. The summed E-state index contributed by atoms with van der Waals surface area (Å²) in [5.74, 6) is 0.936. The Bertz CT molecular complexity index is 465. The minimum atomic E-state index is 0.519. The van der Waals surface area contributed by atoms with Gasteiger partial charge in [0.15, 0.2) is 0 Å². The largest absolute Gasteiger partial charge is 0.487 e. The van der Waals surface area contributed by atoms with E-state index < -0.39 is 0 Å². The lowest BCUT2D eigenvalue weighted by Gasteiger charge is -2.09. The molecule has 0 aliphatic carbocycles. The van der Waals surface area contributed by atoms with Crippen LogP contribution in [0.15, 0.2) is 42.6 Å². The highest BCUT2D eigenvalue weighted by molar-refractivity contribution is 5.36. The van der Waals surface area contributed by atoms with Gasteiger partial charge in [0, 0.05) is 6.20 Å². The summed E-state index contributed by atoms with van der Waals surface area (Å²) in [5.41, 5.74) is 3.31. The molecule has 2 rings (SSSR count). The zero-order chi connectivity index (χ0) is 11.4. The molecule has 2 aromatic rings. The van der Waals surface area contributed by atoms with E-state index in [0.717, 1.165) is 17.0 Å². The molecule has 82 valence electrons. The number of ether oxygens (including phenoxy) is 1. The number of benzene rings is 1. The first-order valence-corrected chi connectivity index (χ1v) is 5.35. The molecule has 0 amide bonds. The lowest BCUT2D eigenvalue weighted by molar-refractivity contribution is 0.299. The second kappa shape index (κ2) is 4.79. The van der Waals surface area contributed by atoms with Crippen molar-refractivity contribution in [2.75, 3.05) is 0 Å². The Balaban J connectivity index is 2.08. The maximum atomic E-state index is 5.74. The van der Waals surface area contributed by atoms with Crippen molar-refractivity contribution in [1.29, 1.82) is 0 Å². The van der Waals surface area contributed by atoms with E-state index in [-0.39, 0.29) is 0 Å². The zero-order valence-corrected chi connectivity index (χ0v) is 9.60. The summed E-state index contributed by atoms with van der Waals surface area (Å²) < 4.78 is 5.74. The van der Waals surface area contributed by atoms with Crippen molar-refractivity contribution in [3.8, 4) is 5.75 Å². The molecule has 0 bridgehead atoms. The van der Waals surface area contributed by atoms with Crippen LogP contribution in [0.2, 0.25) is 0 Å². The van der Waals surface area contributed by atoms with Gasteiger partial charge in [0.1, 0.15) is 12.4 Å². The van der Waals surface area contributed by atoms with E-state index in [9.17, 15) is 0 Å². The normalized spacial score (nSPS) is 10.1. The predicted molar refractivity (Wildman–Crippen MR) is 64.5 cm³/mol. The fourth-order valence-corrected chi connectivity index (χ4v) is 1.50. The molecule has 0 spiro atoms. The number of hydrogen-bond donors (Lipinski definition) is 0. The second-order valence-electron chi connectivity index (χ2n) is 3.88. The summed E-state index contributed by atoms with van der Waals surface area (Å²) in [4.78, 5) is 4.22. The molecular formula is C14H15NO. The van der Waals surface area contributed by atoms with Crippen LogP contribution in [0.1, 0.15) is 16.8 Å². The summed E-state index contributed by atoms with van der Waals surface area (Å²) in [5, 5.41) is 0. The van der Waals surface area contributed by atoms with Crippen LogP contribution in [0, 0.1) is 13.8 Å². The number of nitrogens with zero attached hydrogens (tertiary/aromatic N) is 1. The first-order valence-electron chi connectivity index (χ1n) is 5.35. The van der Waals surface area contributed by atoms with Crippen LogP contribution in [0.5, 0.6) is 5.75 Å². The summed E-state index contributed by atoms with van der Waals surface area (Å²) in [7, 11) is 0. The topological polar surface area (TPSA) is 22.1 Å². The van der Waals surface area contributed by atoms with Gasteiger partial charge in [0.05, 0.1) is 5.69 Å². The third-order valence-corrected chi connectivity index (χ3v) is 2.45. The molecule has 0 aliphatic rings. The second-order valence-corrected chi connectivity index (χ2v) is 3.88. The number of pyridine rings is 1. The fraction of sp³-hybridized carbons (Fsp3) is 0.214. The number of rotatable bonds is 3. The molecule has 2 heteroatoms. The highest BCUT2D eigenvalue weighted by Crippen LogP contribution is 2.19. The van der Waals surface area contributed by atoms with Crippen LogP contribution in [-0.2, 0) is 6.61 Å². The van der Waals surface area contributed by atoms with Gasteiger partial charge in [0.2, 0.25) is 0 Å². The van der Waals surface area contributed by atoms with Crippen LogP contribution in [0.4, 0.5) is 0 Å². The predicted octanol–water partition coefficient (Wildman–Crippen LogP) is 3.28. The van der Waals surface area contributed by atoms with Gasteiger partial charge in [-0.15, -0.1) is 0 Å². The van der Waals surface area contributed by atoms with Crippen LogP contribution in [-0.4, -0.2) is 4.98 Å². The van der Waals surface area contributed by atoms with Crippen molar-refractivity contribution in [1.82, 2.24) is 4.98 Å². The lowest BCUT2D eigenvalue weighted by Crippen LogP contribution is -1.99. The van der Waals surface area contributed by atoms with Gasteiger partial charge >= 0.3 is 0 Å². The van der Waals surface area contributed by atoms with Crippen molar-refractivity contribution < 1.29 is 4.74 Å². The molecule has 0 atom stereocenters. The van der Waals surface area contributed by atoms with Crippen LogP contribution in [0.25, 0.3) is 0 Å². The Hall–Kier alpha value is -1.83. The van der Waals surface area contributed by atoms with Gasteiger partial charge < -0.3 is 4.74 Å². The summed E-state index contributed by atoms with van der Waals surface area (Å²) in [6.07, 6.45) is 1.78. The molecular weight excluding hydrogens is 198 g/mol. The first-order chi connectivity index (χ1) is 7.75. The number of aromatic nitrogens is 1. The van der Waals surface area contributed by atoms with E-state index in [0.29, 0.717) is 6.61 Å². The molecule has 0 unspecified atom stereocenters. The Morgan fingerprint density at radius 2 is 2.00 bits per heavy atom. The van der Waals surface area contributed by atoms with Gasteiger partial charge in [-0.25, -0.2) is 0 Å². The Morgan fingerprint density at radius 1 is 1.12 bits per heavy atom. The monoisotopic (exact) mass is 213 g/mol. The molecule has 0 saturated carbocycles. The van der Waals surface area contributed by atoms with Crippen molar-refractivity contribution >= 4 is 0 Å².